The fraction of sp³-hybridized carbons (Fsp3) is 0.333. The van der Waals surface area contributed by atoms with Crippen molar-refractivity contribution in [3.05, 3.63) is 54.5 Å². The van der Waals surface area contributed by atoms with Crippen molar-refractivity contribution in [1.82, 2.24) is 24.3 Å². The predicted octanol–water partition coefficient (Wildman–Crippen LogP) is 1.83. The molecule has 0 radical (unpaired) electrons. The van der Waals surface area contributed by atoms with Crippen molar-refractivity contribution in [2.45, 2.75) is 32.0 Å². The number of hydrogen-bond donors (Lipinski definition) is 1. The second kappa shape index (κ2) is 4.76. The summed E-state index contributed by atoms with van der Waals surface area (Å²) >= 11 is 0. The highest BCUT2D eigenvalue weighted by Gasteiger charge is 2.20. The van der Waals surface area contributed by atoms with E-state index in [1.54, 1.807) is 0 Å². The maximum atomic E-state index is 4.63. The summed E-state index contributed by atoms with van der Waals surface area (Å²) in [6.07, 6.45) is 10.6. The summed E-state index contributed by atoms with van der Waals surface area (Å²) in [6.45, 7) is 1.61. The molecule has 3 aromatic heterocycles. The van der Waals surface area contributed by atoms with E-state index in [1.165, 1.54) is 12.8 Å². The van der Waals surface area contributed by atoms with Crippen LogP contribution in [0.4, 0.5) is 0 Å². The molecule has 0 amide bonds. The molecule has 0 bridgehead atoms. The van der Waals surface area contributed by atoms with Crippen molar-refractivity contribution in [1.29, 1.82) is 0 Å². The molecule has 20 heavy (non-hydrogen) atoms. The van der Waals surface area contributed by atoms with E-state index >= 15 is 0 Å². The molecule has 3 aromatic rings. The van der Waals surface area contributed by atoms with Crippen LogP contribution in [0.5, 0.6) is 0 Å². The van der Waals surface area contributed by atoms with Crippen molar-refractivity contribution in [3.63, 3.8) is 0 Å². The first-order valence-corrected chi connectivity index (χ1v) is 7.04. The van der Waals surface area contributed by atoms with Crippen molar-refractivity contribution >= 4 is 5.65 Å². The molecule has 0 aromatic carbocycles. The van der Waals surface area contributed by atoms with Crippen LogP contribution in [0.25, 0.3) is 5.65 Å². The number of imidazole rings is 2. The SMILES string of the molecule is c1ccn2cc(Cn3ccnc3CNC3CC3)nc2c1. The first-order chi connectivity index (χ1) is 9.88. The highest BCUT2D eigenvalue weighted by atomic mass is 15.1. The van der Waals surface area contributed by atoms with Gasteiger partial charge in [-0.1, -0.05) is 6.07 Å². The van der Waals surface area contributed by atoms with Gasteiger partial charge in [-0.05, 0) is 25.0 Å². The van der Waals surface area contributed by atoms with E-state index in [4.69, 9.17) is 0 Å². The Hall–Kier alpha value is -2.14. The van der Waals surface area contributed by atoms with Crippen LogP contribution in [-0.4, -0.2) is 25.0 Å². The summed E-state index contributed by atoms with van der Waals surface area (Å²) in [5, 5.41) is 3.50. The Morgan fingerprint density at radius 2 is 2.20 bits per heavy atom. The molecule has 0 atom stereocenters. The molecule has 1 N–H and O–H groups in total. The van der Waals surface area contributed by atoms with Crippen LogP contribution in [0.2, 0.25) is 0 Å². The summed E-state index contributed by atoms with van der Waals surface area (Å²) in [7, 11) is 0. The van der Waals surface area contributed by atoms with Crippen molar-refractivity contribution in [2.24, 2.45) is 0 Å². The minimum Gasteiger partial charge on any atom is -0.328 e. The lowest BCUT2D eigenvalue weighted by atomic mass is 10.4. The number of fused-ring (bicyclic) bond motifs is 1. The van der Waals surface area contributed by atoms with Crippen molar-refractivity contribution < 1.29 is 0 Å². The van der Waals surface area contributed by atoms with Gasteiger partial charge in [-0.3, -0.25) is 0 Å². The number of rotatable bonds is 5. The Kier molecular flexibility index (Phi) is 2.77. The van der Waals surface area contributed by atoms with Gasteiger partial charge in [0.1, 0.15) is 11.5 Å². The molecule has 5 heteroatoms. The summed E-state index contributed by atoms with van der Waals surface area (Å²) in [4.78, 5) is 9.06. The normalized spacial score (nSPS) is 15.0. The first kappa shape index (κ1) is 11.7. The second-order valence-electron chi connectivity index (χ2n) is 5.32. The van der Waals surface area contributed by atoms with Crippen LogP contribution in [-0.2, 0) is 13.1 Å². The number of aromatic nitrogens is 4. The Morgan fingerprint density at radius 3 is 3.05 bits per heavy atom. The van der Waals surface area contributed by atoms with Crippen molar-refractivity contribution in [3.8, 4) is 0 Å². The molecule has 1 aliphatic rings. The van der Waals surface area contributed by atoms with Gasteiger partial charge in [0.25, 0.3) is 0 Å². The van der Waals surface area contributed by atoms with Crippen LogP contribution >= 0.6 is 0 Å². The van der Waals surface area contributed by atoms with Gasteiger partial charge in [-0.15, -0.1) is 0 Å². The molecule has 0 saturated heterocycles. The average molecular weight is 267 g/mol. The fourth-order valence-corrected chi connectivity index (χ4v) is 2.41. The maximum absolute atomic E-state index is 4.63. The monoisotopic (exact) mass is 267 g/mol. The molecule has 102 valence electrons. The highest BCUT2D eigenvalue weighted by Crippen LogP contribution is 2.19. The van der Waals surface area contributed by atoms with E-state index in [0.29, 0.717) is 6.04 Å². The molecule has 1 fully saturated rings. The lowest BCUT2D eigenvalue weighted by Gasteiger charge is -2.06. The number of pyridine rings is 1. The lowest BCUT2D eigenvalue weighted by Crippen LogP contribution is -2.19. The van der Waals surface area contributed by atoms with E-state index in [0.717, 1.165) is 30.3 Å². The van der Waals surface area contributed by atoms with Crippen LogP contribution in [0, 0.1) is 0 Å². The lowest BCUT2D eigenvalue weighted by molar-refractivity contribution is 0.616. The number of nitrogens with one attached hydrogen (secondary N) is 1. The van der Waals surface area contributed by atoms with E-state index in [-0.39, 0.29) is 0 Å². The van der Waals surface area contributed by atoms with Gasteiger partial charge in [0.15, 0.2) is 0 Å². The summed E-state index contributed by atoms with van der Waals surface area (Å²) < 4.78 is 4.21. The van der Waals surface area contributed by atoms with E-state index in [1.807, 2.05) is 41.2 Å². The Bertz CT molecular complexity index is 690. The summed E-state index contributed by atoms with van der Waals surface area (Å²) in [6, 6.07) is 6.75. The Labute approximate surface area is 117 Å². The molecule has 0 unspecified atom stereocenters. The number of hydrogen-bond acceptors (Lipinski definition) is 3. The summed E-state index contributed by atoms with van der Waals surface area (Å²) in [5.74, 6) is 1.08. The van der Waals surface area contributed by atoms with Crippen LogP contribution in [0.1, 0.15) is 24.4 Å². The maximum Gasteiger partial charge on any atom is 0.137 e. The molecule has 1 saturated carbocycles. The number of nitrogens with zero attached hydrogens (tertiary/aromatic N) is 4. The molecule has 0 aliphatic heterocycles. The molecular weight excluding hydrogens is 250 g/mol. The van der Waals surface area contributed by atoms with Gasteiger partial charge in [0.05, 0.1) is 18.8 Å². The fourth-order valence-electron chi connectivity index (χ4n) is 2.41. The van der Waals surface area contributed by atoms with E-state index < -0.39 is 0 Å². The molecular formula is C15H17N5. The smallest absolute Gasteiger partial charge is 0.137 e. The molecule has 3 heterocycles. The van der Waals surface area contributed by atoms with Crippen molar-refractivity contribution in [2.75, 3.05) is 0 Å². The largest absolute Gasteiger partial charge is 0.328 e. The minimum atomic E-state index is 0.704. The van der Waals surface area contributed by atoms with Gasteiger partial charge in [0.2, 0.25) is 0 Å². The third-order valence-corrected chi connectivity index (χ3v) is 3.67. The Morgan fingerprint density at radius 1 is 1.25 bits per heavy atom. The molecule has 5 nitrogen and oxygen atoms in total. The van der Waals surface area contributed by atoms with Gasteiger partial charge in [0, 0.05) is 30.8 Å². The topological polar surface area (TPSA) is 47.1 Å². The average Bonchev–Trinajstić information content (AvgIpc) is 3.04. The highest BCUT2D eigenvalue weighted by molar-refractivity contribution is 5.39. The Balaban J connectivity index is 1.53. The standard InChI is InChI=1S/C15H17N5/c1-2-7-19-10-13(18-14(19)3-1)11-20-8-6-16-15(20)9-17-12-4-5-12/h1-3,6-8,10,12,17H,4-5,9,11H2. The third-order valence-electron chi connectivity index (χ3n) is 3.67. The summed E-state index contributed by atoms with van der Waals surface area (Å²) in [5.41, 5.74) is 2.04. The first-order valence-electron chi connectivity index (χ1n) is 7.04. The van der Waals surface area contributed by atoms with Crippen LogP contribution in [0.15, 0.2) is 43.0 Å². The zero-order chi connectivity index (χ0) is 13.4. The molecule has 0 spiro atoms. The quantitative estimate of drug-likeness (QED) is 0.767. The van der Waals surface area contributed by atoms with E-state index in [9.17, 15) is 0 Å². The van der Waals surface area contributed by atoms with Gasteiger partial charge in [-0.2, -0.15) is 0 Å². The van der Waals surface area contributed by atoms with Crippen LogP contribution < -0.4 is 5.32 Å². The van der Waals surface area contributed by atoms with Gasteiger partial charge in [-0.25, -0.2) is 9.97 Å². The predicted molar refractivity (Wildman–Crippen MR) is 76.4 cm³/mol. The van der Waals surface area contributed by atoms with Gasteiger partial charge >= 0.3 is 0 Å². The third kappa shape index (κ3) is 2.32. The zero-order valence-electron chi connectivity index (χ0n) is 11.2. The molecule has 4 rings (SSSR count). The second-order valence-corrected chi connectivity index (χ2v) is 5.32. The van der Waals surface area contributed by atoms with E-state index in [2.05, 4.69) is 26.0 Å². The van der Waals surface area contributed by atoms with Gasteiger partial charge < -0.3 is 14.3 Å². The minimum absolute atomic E-state index is 0.704. The zero-order valence-corrected chi connectivity index (χ0v) is 11.2. The van der Waals surface area contributed by atoms with Crippen LogP contribution in [0.3, 0.4) is 0 Å². The molecule has 1 aliphatic carbocycles.